The van der Waals surface area contributed by atoms with Gasteiger partial charge in [-0.2, -0.15) is 0 Å². The van der Waals surface area contributed by atoms with Crippen LogP contribution in [0.25, 0.3) is 0 Å². The largest absolute Gasteiger partial charge is 0.484 e. The second-order valence-corrected chi connectivity index (χ2v) is 7.38. The number of nitrogens with one attached hydrogen (secondary N) is 1. The summed E-state index contributed by atoms with van der Waals surface area (Å²) in [7, 11) is 0. The predicted molar refractivity (Wildman–Crippen MR) is 109 cm³/mol. The van der Waals surface area contributed by atoms with E-state index in [0.717, 1.165) is 17.5 Å². The Morgan fingerprint density at radius 1 is 1.18 bits per heavy atom. The number of hydrogen-bond donors (Lipinski definition) is 1. The van der Waals surface area contributed by atoms with Crippen molar-refractivity contribution in [1.82, 2.24) is 10.2 Å². The Morgan fingerprint density at radius 2 is 1.93 bits per heavy atom. The minimum absolute atomic E-state index is 0.0232. The number of rotatable bonds is 6. The van der Waals surface area contributed by atoms with E-state index < -0.39 is 0 Å². The fourth-order valence-electron chi connectivity index (χ4n) is 3.66. The van der Waals surface area contributed by atoms with Crippen molar-refractivity contribution in [2.75, 3.05) is 13.2 Å². The zero-order valence-corrected chi connectivity index (χ0v) is 16.8. The van der Waals surface area contributed by atoms with Gasteiger partial charge in [0.1, 0.15) is 5.75 Å². The van der Waals surface area contributed by atoms with Crippen LogP contribution in [0.2, 0.25) is 0 Å². The standard InChI is InChI=1S/C23H28N2O3/c1-4-22(27)25-13-12-17-10-11-19(28-15-21(26)24-16(2)3)14-20(17)23(25)18-8-6-5-7-9-18/h5-11,14,16,23H,4,12-13,15H2,1-3H3,(H,24,26). The molecule has 2 amide bonds. The second kappa shape index (κ2) is 8.91. The van der Waals surface area contributed by atoms with Crippen LogP contribution in [-0.4, -0.2) is 35.9 Å². The highest BCUT2D eigenvalue weighted by Gasteiger charge is 2.31. The zero-order chi connectivity index (χ0) is 20.1. The number of carbonyl (C=O) groups is 2. The third-order valence-electron chi connectivity index (χ3n) is 4.90. The molecule has 1 N–H and O–H groups in total. The molecule has 0 spiro atoms. The first kappa shape index (κ1) is 19.9. The molecule has 0 radical (unpaired) electrons. The molecule has 2 aromatic carbocycles. The molecular weight excluding hydrogens is 352 g/mol. The quantitative estimate of drug-likeness (QED) is 0.835. The molecule has 0 aliphatic carbocycles. The zero-order valence-electron chi connectivity index (χ0n) is 16.8. The van der Waals surface area contributed by atoms with Gasteiger partial charge in [-0.1, -0.05) is 43.3 Å². The molecule has 2 aromatic rings. The van der Waals surface area contributed by atoms with Gasteiger partial charge in [0.25, 0.3) is 5.91 Å². The number of ether oxygens (including phenoxy) is 1. The maximum Gasteiger partial charge on any atom is 0.258 e. The lowest BCUT2D eigenvalue weighted by atomic mass is 9.87. The van der Waals surface area contributed by atoms with E-state index in [1.54, 1.807) is 0 Å². The molecule has 0 bridgehead atoms. The Hall–Kier alpha value is -2.82. The van der Waals surface area contributed by atoms with Crippen molar-refractivity contribution in [2.45, 2.75) is 45.7 Å². The first-order chi connectivity index (χ1) is 13.5. The Balaban J connectivity index is 1.90. The second-order valence-electron chi connectivity index (χ2n) is 7.38. The van der Waals surface area contributed by atoms with Gasteiger partial charge in [-0.3, -0.25) is 9.59 Å². The first-order valence-electron chi connectivity index (χ1n) is 9.89. The number of nitrogens with zero attached hydrogens (tertiary/aromatic N) is 1. The molecule has 1 atom stereocenters. The van der Waals surface area contributed by atoms with Crippen molar-refractivity contribution in [3.63, 3.8) is 0 Å². The summed E-state index contributed by atoms with van der Waals surface area (Å²) >= 11 is 0. The highest BCUT2D eigenvalue weighted by Crippen LogP contribution is 2.37. The summed E-state index contributed by atoms with van der Waals surface area (Å²) in [6.45, 7) is 6.41. The van der Waals surface area contributed by atoms with E-state index in [2.05, 4.69) is 23.5 Å². The van der Waals surface area contributed by atoms with Crippen LogP contribution in [0, 0.1) is 0 Å². The van der Waals surface area contributed by atoms with Crippen LogP contribution in [0.15, 0.2) is 48.5 Å². The van der Waals surface area contributed by atoms with Gasteiger partial charge in [-0.05, 0) is 49.1 Å². The monoisotopic (exact) mass is 380 g/mol. The summed E-state index contributed by atoms with van der Waals surface area (Å²) in [6.07, 6.45) is 1.29. The lowest BCUT2D eigenvalue weighted by molar-refractivity contribution is -0.133. The average molecular weight is 380 g/mol. The van der Waals surface area contributed by atoms with Gasteiger partial charge in [0, 0.05) is 19.0 Å². The van der Waals surface area contributed by atoms with Crippen molar-refractivity contribution in [3.8, 4) is 5.75 Å². The first-order valence-corrected chi connectivity index (χ1v) is 9.89. The van der Waals surface area contributed by atoms with Crippen LogP contribution in [0.1, 0.15) is 49.9 Å². The Kier molecular flexibility index (Phi) is 6.34. The predicted octanol–water partition coefficient (Wildman–Crippen LogP) is 3.47. The van der Waals surface area contributed by atoms with Gasteiger partial charge in [0.15, 0.2) is 6.61 Å². The lowest BCUT2D eigenvalue weighted by Gasteiger charge is -2.38. The van der Waals surface area contributed by atoms with Crippen molar-refractivity contribution < 1.29 is 14.3 Å². The van der Waals surface area contributed by atoms with E-state index in [0.29, 0.717) is 18.7 Å². The normalized spacial score (nSPS) is 15.9. The van der Waals surface area contributed by atoms with Crippen LogP contribution >= 0.6 is 0 Å². The highest BCUT2D eigenvalue weighted by atomic mass is 16.5. The number of benzene rings is 2. The maximum absolute atomic E-state index is 12.6. The summed E-state index contributed by atoms with van der Waals surface area (Å²) in [4.78, 5) is 26.4. The molecule has 5 nitrogen and oxygen atoms in total. The van der Waals surface area contributed by atoms with Gasteiger partial charge in [0.2, 0.25) is 5.91 Å². The van der Waals surface area contributed by atoms with Crippen molar-refractivity contribution in [3.05, 3.63) is 65.2 Å². The van der Waals surface area contributed by atoms with E-state index in [-0.39, 0.29) is 30.5 Å². The van der Waals surface area contributed by atoms with Crippen molar-refractivity contribution >= 4 is 11.8 Å². The third kappa shape index (κ3) is 4.53. The van der Waals surface area contributed by atoms with E-state index >= 15 is 0 Å². The van der Waals surface area contributed by atoms with Crippen LogP contribution in [0.4, 0.5) is 0 Å². The summed E-state index contributed by atoms with van der Waals surface area (Å²) in [5.74, 6) is 0.640. The number of carbonyl (C=O) groups excluding carboxylic acids is 2. The van der Waals surface area contributed by atoms with Gasteiger partial charge >= 0.3 is 0 Å². The van der Waals surface area contributed by atoms with Gasteiger partial charge in [0.05, 0.1) is 6.04 Å². The van der Waals surface area contributed by atoms with E-state index in [1.807, 2.05) is 56.0 Å². The molecule has 0 saturated heterocycles. The van der Waals surface area contributed by atoms with Gasteiger partial charge in [-0.15, -0.1) is 0 Å². The summed E-state index contributed by atoms with van der Waals surface area (Å²) in [5, 5.41) is 2.82. The fourth-order valence-corrected chi connectivity index (χ4v) is 3.66. The SMILES string of the molecule is CCC(=O)N1CCc2ccc(OCC(=O)NC(C)C)cc2C1c1ccccc1. The van der Waals surface area contributed by atoms with Crippen molar-refractivity contribution in [1.29, 1.82) is 0 Å². The molecular formula is C23H28N2O3. The van der Waals surface area contributed by atoms with Crippen LogP contribution in [-0.2, 0) is 16.0 Å². The third-order valence-corrected chi connectivity index (χ3v) is 4.90. The van der Waals surface area contributed by atoms with E-state index in [4.69, 9.17) is 4.74 Å². The van der Waals surface area contributed by atoms with Crippen LogP contribution < -0.4 is 10.1 Å². The fraction of sp³-hybridized carbons (Fsp3) is 0.391. The number of amides is 2. The van der Waals surface area contributed by atoms with Gasteiger partial charge < -0.3 is 15.0 Å². The molecule has 1 aliphatic heterocycles. The summed E-state index contributed by atoms with van der Waals surface area (Å²) < 4.78 is 5.73. The maximum atomic E-state index is 12.6. The molecule has 3 rings (SSSR count). The molecule has 0 fully saturated rings. The molecule has 1 unspecified atom stereocenters. The molecule has 0 saturated carbocycles. The van der Waals surface area contributed by atoms with Crippen LogP contribution in [0.3, 0.4) is 0 Å². The molecule has 1 aliphatic rings. The minimum atomic E-state index is -0.143. The van der Waals surface area contributed by atoms with E-state index in [9.17, 15) is 9.59 Å². The summed E-state index contributed by atoms with van der Waals surface area (Å²) in [5.41, 5.74) is 3.37. The molecule has 28 heavy (non-hydrogen) atoms. The Labute approximate surface area is 166 Å². The average Bonchev–Trinajstić information content (AvgIpc) is 2.70. The molecule has 5 heteroatoms. The highest BCUT2D eigenvalue weighted by molar-refractivity contribution is 5.78. The van der Waals surface area contributed by atoms with E-state index in [1.165, 1.54) is 5.56 Å². The number of hydrogen-bond acceptors (Lipinski definition) is 3. The summed E-state index contributed by atoms with van der Waals surface area (Å²) in [6, 6.07) is 16.0. The van der Waals surface area contributed by atoms with Gasteiger partial charge in [-0.25, -0.2) is 0 Å². The topological polar surface area (TPSA) is 58.6 Å². The Bertz CT molecular complexity index is 833. The molecule has 0 aromatic heterocycles. The van der Waals surface area contributed by atoms with Crippen LogP contribution in [0.5, 0.6) is 5.75 Å². The lowest BCUT2D eigenvalue weighted by Crippen LogP contribution is -2.40. The Morgan fingerprint density at radius 3 is 2.61 bits per heavy atom. The van der Waals surface area contributed by atoms with Crippen molar-refractivity contribution in [2.24, 2.45) is 0 Å². The molecule has 148 valence electrons. The smallest absolute Gasteiger partial charge is 0.258 e. The number of fused-ring (bicyclic) bond motifs is 1. The minimum Gasteiger partial charge on any atom is -0.484 e. The molecule has 1 heterocycles.